The third-order valence-corrected chi connectivity index (χ3v) is 4.28. The first-order valence-electron chi connectivity index (χ1n) is 6.48. The fourth-order valence-corrected chi connectivity index (χ4v) is 3.22. The summed E-state index contributed by atoms with van der Waals surface area (Å²) in [6, 6.07) is 13.1. The molecule has 1 aromatic carbocycles. The predicted molar refractivity (Wildman–Crippen MR) is 67.1 cm³/mol. The fraction of sp³-hybridized carbons (Fsp3) is 0.533. The first-order chi connectivity index (χ1) is 8.32. The van der Waals surface area contributed by atoms with Gasteiger partial charge < -0.3 is 0 Å². The summed E-state index contributed by atoms with van der Waals surface area (Å²) in [5, 5.41) is 9.03. The molecular weight excluding hydrogens is 208 g/mol. The maximum Gasteiger partial charge on any atom is 0.0662 e. The summed E-state index contributed by atoms with van der Waals surface area (Å²) in [6.07, 6.45) is 3.65. The third-order valence-electron chi connectivity index (χ3n) is 4.28. The summed E-state index contributed by atoms with van der Waals surface area (Å²) in [7, 11) is 0. The lowest BCUT2D eigenvalue weighted by atomic mass is 9.92. The van der Waals surface area contributed by atoms with Gasteiger partial charge in [-0.3, -0.25) is 4.90 Å². The van der Waals surface area contributed by atoms with Crippen LogP contribution < -0.4 is 0 Å². The van der Waals surface area contributed by atoms with Crippen LogP contribution in [0.1, 0.15) is 24.8 Å². The Morgan fingerprint density at radius 2 is 2.18 bits per heavy atom. The van der Waals surface area contributed by atoms with Crippen molar-refractivity contribution < 1.29 is 0 Å². The molecule has 17 heavy (non-hydrogen) atoms. The van der Waals surface area contributed by atoms with Gasteiger partial charge in [0.1, 0.15) is 0 Å². The van der Waals surface area contributed by atoms with Crippen LogP contribution >= 0.6 is 0 Å². The molecule has 0 amide bonds. The molecular formula is C15H18N2. The van der Waals surface area contributed by atoms with Crippen LogP contribution in [0.25, 0.3) is 0 Å². The second-order valence-electron chi connectivity index (χ2n) is 5.55. The van der Waals surface area contributed by atoms with Crippen LogP contribution in [0.4, 0.5) is 0 Å². The fourth-order valence-electron chi connectivity index (χ4n) is 3.22. The van der Waals surface area contributed by atoms with E-state index >= 15 is 0 Å². The van der Waals surface area contributed by atoms with Crippen LogP contribution in [-0.2, 0) is 6.54 Å². The van der Waals surface area contributed by atoms with Crippen LogP contribution in [0.5, 0.6) is 0 Å². The Labute approximate surface area is 103 Å². The number of rotatable bonds is 2. The summed E-state index contributed by atoms with van der Waals surface area (Å²) in [5.74, 6) is 0.334. The molecule has 2 nitrogen and oxygen atoms in total. The van der Waals surface area contributed by atoms with Gasteiger partial charge in [0.2, 0.25) is 0 Å². The molecule has 1 aliphatic heterocycles. The van der Waals surface area contributed by atoms with E-state index in [-0.39, 0.29) is 0 Å². The standard InChI is InChI=1S/C15H18N2/c16-10-14-9-15(14)7-4-8-17(12-15)11-13-5-2-1-3-6-13/h1-3,5-6,14H,4,7-9,11-12H2. The minimum atomic E-state index is 0.334. The average Bonchev–Trinajstić information content (AvgIpc) is 3.03. The van der Waals surface area contributed by atoms with Crippen LogP contribution in [0.3, 0.4) is 0 Å². The number of hydrogen-bond donors (Lipinski definition) is 0. The Morgan fingerprint density at radius 1 is 1.35 bits per heavy atom. The van der Waals surface area contributed by atoms with Crippen LogP contribution in [-0.4, -0.2) is 18.0 Å². The summed E-state index contributed by atoms with van der Waals surface area (Å²) in [5.41, 5.74) is 1.75. The van der Waals surface area contributed by atoms with Gasteiger partial charge in [-0.2, -0.15) is 5.26 Å². The van der Waals surface area contributed by atoms with E-state index < -0.39 is 0 Å². The minimum Gasteiger partial charge on any atom is -0.298 e. The van der Waals surface area contributed by atoms with Gasteiger partial charge in [0.25, 0.3) is 0 Å². The van der Waals surface area contributed by atoms with Gasteiger partial charge in [0.05, 0.1) is 12.0 Å². The van der Waals surface area contributed by atoms with E-state index in [2.05, 4.69) is 41.3 Å². The van der Waals surface area contributed by atoms with Crippen LogP contribution in [0.15, 0.2) is 30.3 Å². The lowest BCUT2D eigenvalue weighted by Crippen LogP contribution is -2.36. The minimum absolute atomic E-state index is 0.334. The van der Waals surface area contributed by atoms with E-state index in [1.54, 1.807) is 0 Å². The van der Waals surface area contributed by atoms with Crippen molar-refractivity contribution in [1.82, 2.24) is 4.90 Å². The van der Waals surface area contributed by atoms with Crippen molar-refractivity contribution in [1.29, 1.82) is 5.26 Å². The molecule has 2 fully saturated rings. The van der Waals surface area contributed by atoms with Crippen molar-refractivity contribution in [3.8, 4) is 6.07 Å². The van der Waals surface area contributed by atoms with E-state index in [4.69, 9.17) is 5.26 Å². The zero-order valence-corrected chi connectivity index (χ0v) is 10.1. The van der Waals surface area contributed by atoms with Gasteiger partial charge in [0, 0.05) is 18.5 Å². The topological polar surface area (TPSA) is 27.0 Å². The number of hydrogen-bond acceptors (Lipinski definition) is 2. The van der Waals surface area contributed by atoms with Gasteiger partial charge in [-0.1, -0.05) is 30.3 Å². The van der Waals surface area contributed by atoms with Crippen molar-refractivity contribution in [2.24, 2.45) is 11.3 Å². The molecule has 2 atom stereocenters. The SMILES string of the molecule is N#CC1CC12CCCN(Cc1ccccc1)C2. The van der Waals surface area contributed by atoms with Gasteiger partial charge in [-0.05, 0) is 31.4 Å². The third kappa shape index (κ3) is 2.08. The quantitative estimate of drug-likeness (QED) is 0.775. The molecule has 0 bridgehead atoms. The summed E-state index contributed by atoms with van der Waals surface area (Å²) >= 11 is 0. The Hall–Kier alpha value is -1.33. The Kier molecular flexibility index (Phi) is 2.64. The van der Waals surface area contributed by atoms with Crippen molar-refractivity contribution in [3.05, 3.63) is 35.9 Å². The van der Waals surface area contributed by atoms with Crippen molar-refractivity contribution in [2.45, 2.75) is 25.8 Å². The smallest absolute Gasteiger partial charge is 0.0662 e. The molecule has 1 saturated heterocycles. The molecule has 2 unspecified atom stereocenters. The molecule has 1 saturated carbocycles. The molecule has 2 aliphatic rings. The van der Waals surface area contributed by atoms with E-state index in [1.807, 2.05) is 0 Å². The second-order valence-corrected chi connectivity index (χ2v) is 5.55. The number of nitrogens with zero attached hydrogens (tertiary/aromatic N) is 2. The van der Waals surface area contributed by atoms with E-state index in [0.717, 1.165) is 19.5 Å². The van der Waals surface area contributed by atoms with E-state index in [0.29, 0.717) is 11.3 Å². The molecule has 0 aromatic heterocycles. The highest BCUT2D eigenvalue weighted by Crippen LogP contribution is 2.57. The molecule has 1 aromatic rings. The summed E-state index contributed by atoms with van der Waals surface area (Å²) in [6.45, 7) is 3.36. The molecule has 1 spiro atoms. The Balaban J connectivity index is 1.64. The van der Waals surface area contributed by atoms with Gasteiger partial charge in [0.15, 0.2) is 0 Å². The maximum absolute atomic E-state index is 9.03. The first-order valence-corrected chi connectivity index (χ1v) is 6.48. The zero-order valence-electron chi connectivity index (χ0n) is 10.1. The molecule has 0 N–H and O–H groups in total. The number of benzene rings is 1. The Bertz CT molecular complexity index is 434. The first kappa shape index (κ1) is 10.8. The Morgan fingerprint density at radius 3 is 2.88 bits per heavy atom. The van der Waals surface area contributed by atoms with Crippen LogP contribution in [0.2, 0.25) is 0 Å². The van der Waals surface area contributed by atoms with Crippen molar-refractivity contribution in [2.75, 3.05) is 13.1 Å². The molecule has 0 radical (unpaired) electrons. The number of likely N-dealkylation sites (tertiary alicyclic amines) is 1. The lowest BCUT2D eigenvalue weighted by molar-refractivity contribution is 0.148. The van der Waals surface area contributed by atoms with Crippen molar-refractivity contribution >= 4 is 0 Å². The van der Waals surface area contributed by atoms with Gasteiger partial charge in [-0.25, -0.2) is 0 Å². The summed E-state index contributed by atoms with van der Waals surface area (Å²) < 4.78 is 0. The van der Waals surface area contributed by atoms with E-state index in [9.17, 15) is 0 Å². The number of piperidine rings is 1. The molecule has 1 aliphatic carbocycles. The van der Waals surface area contributed by atoms with Gasteiger partial charge in [-0.15, -0.1) is 0 Å². The molecule has 1 heterocycles. The lowest BCUT2D eigenvalue weighted by Gasteiger charge is -2.33. The monoisotopic (exact) mass is 226 g/mol. The molecule has 88 valence electrons. The zero-order chi connectivity index (χ0) is 11.7. The normalized spacial score (nSPS) is 32.3. The highest BCUT2D eigenvalue weighted by molar-refractivity contribution is 5.17. The molecule has 2 heteroatoms. The second kappa shape index (κ2) is 4.16. The highest BCUT2D eigenvalue weighted by atomic mass is 15.1. The maximum atomic E-state index is 9.03. The van der Waals surface area contributed by atoms with Gasteiger partial charge >= 0.3 is 0 Å². The molecule has 3 rings (SSSR count). The van der Waals surface area contributed by atoms with Crippen molar-refractivity contribution in [3.63, 3.8) is 0 Å². The number of nitriles is 1. The summed E-state index contributed by atoms with van der Waals surface area (Å²) in [4.78, 5) is 2.52. The highest BCUT2D eigenvalue weighted by Gasteiger charge is 2.55. The predicted octanol–water partition coefficient (Wildman–Crippen LogP) is 2.81. The average molecular weight is 226 g/mol. The van der Waals surface area contributed by atoms with E-state index in [1.165, 1.54) is 24.9 Å². The largest absolute Gasteiger partial charge is 0.298 e. The van der Waals surface area contributed by atoms with Crippen LogP contribution in [0, 0.1) is 22.7 Å².